The van der Waals surface area contributed by atoms with E-state index in [-0.39, 0.29) is 0 Å². The van der Waals surface area contributed by atoms with Gasteiger partial charge in [-0.25, -0.2) is 0 Å². The van der Waals surface area contributed by atoms with E-state index >= 15 is 0 Å². The van der Waals surface area contributed by atoms with Crippen LogP contribution < -0.4 is 11.1 Å². The molecule has 0 saturated carbocycles. The fourth-order valence-electron chi connectivity index (χ4n) is 2.30. The van der Waals surface area contributed by atoms with Crippen LogP contribution in [0.3, 0.4) is 0 Å². The Morgan fingerprint density at radius 1 is 1.35 bits per heavy atom. The molecule has 3 N–H and O–H groups in total. The molecule has 2 rings (SSSR count). The summed E-state index contributed by atoms with van der Waals surface area (Å²) in [5.41, 5.74) is 8.25. The summed E-state index contributed by atoms with van der Waals surface area (Å²) in [4.78, 5) is 0. The van der Waals surface area contributed by atoms with Crippen LogP contribution in [0.2, 0.25) is 0 Å². The number of thiocarbonyl (C=S) groups is 1. The fourth-order valence-corrected chi connectivity index (χ4v) is 2.38. The first-order chi connectivity index (χ1) is 8.25. The molecule has 1 aromatic carbocycles. The minimum atomic E-state index is 0.404. The molecule has 1 unspecified atom stereocenters. The molecule has 2 nitrogen and oxygen atoms in total. The molecule has 90 valence electrons. The van der Waals surface area contributed by atoms with Crippen molar-refractivity contribution in [1.29, 1.82) is 0 Å². The highest BCUT2D eigenvalue weighted by Gasteiger charge is 2.16. The summed E-state index contributed by atoms with van der Waals surface area (Å²) in [7, 11) is 0. The number of allylic oxidation sites excluding steroid dienone is 2. The van der Waals surface area contributed by atoms with Gasteiger partial charge in [0.2, 0.25) is 0 Å². The van der Waals surface area contributed by atoms with Crippen molar-refractivity contribution >= 4 is 22.9 Å². The van der Waals surface area contributed by atoms with Gasteiger partial charge in [0.1, 0.15) is 0 Å². The zero-order chi connectivity index (χ0) is 12.1. The second-order valence-corrected chi connectivity index (χ2v) is 4.93. The maximum atomic E-state index is 5.46. The minimum absolute atomic E-state index is 0.404. The van der Waals surface area contributed by atoms with Crippen molar-refractivity contribution in [2.24, 2.45) is 11.7 Å². The molecule has 0 saturated heterocycles. The average Bonchev–Trinajstić information content (AvgIpc) is 2.38. The van der Waals surface area contributed by atoms with Gasteiger partial charge in [-0.15, -0.1) is 0 Å². The van der Waals surface area contributed by atoms with Crippen molar-refractivity contribution in [1.82, 2.24) is 5.32 Å². The van der Waals surface area contributed by atoms with E-state index in [9.17, 15) is 0 Å². The average molecular weight is 246 g/mol. The second kappa shape index (κ2) is 5.82. The van der Waals surface area contributed by atoms with Gasteiger partial charge in [0.05, 0.1) is 0 Å². The van der Waals surface area contributed by atoms with Gasteiger partial charge in [-0.05, 0) is 48.5 Å². The van der Waals surface area contributed by atoms with Gasteiger partial charge in [-0.1, -0.05) is 36.4 Å². The van der Waals surface area contributed by atoms with E-state index in [0.29, 0.717) is 11.0 Å². The lowest BCUT2D eigenvalue weighted by molar-refractivity contribution is 0.480. The fraction of sp³-hybridized carbons (Fsp3) is 0.357. The molecule has 0 aromatic heterocycles. The molecule has 0 spiro atoms. The van der Waals surface area contributed by atoms with E-state index in [0.717, 1.165) is 19.4 Å². The Morgan fingerprint density at radius 2 is 2.12 bits per heavy atom. The molecular weight excluding hydrogens is 228 g/mol. The van der Waals surface area contributed by atoms with E-state index in [1.165, 1.54) is 17.6 Å². The Balaban J connectivity index is 1.97. The molecular formula is C14H18N2S. The molecule has 0 heterocycles. The van der Waals surface area contributed by atoms with Gasteiger partial charge in [0.15, 0.2) is 5.11 Å². The van der Waals surface area contributed by atoms with Gasteiger partial charge in [0.25, 0.3) is 0 Å². The van der Waals surface area contributed by atoms with E-state index in [1.807, 2.05) is 0 Å². The van der Waals surface area contributed by atoms with E-state index in [2.05, 4.69) is 41.7 Å². The lowest BCUT2D eigenvalue weighted by Crippen LogP contribution is -2.33. The molecule has 0 radical (unpaired) electrons. The Hall–Kier alpha value is -1.35. The molecule has 1 aliphatic carbocycles. The largest absolute Gasteiger partial charge is 0.376 e. The van der Waals surface area contributed by atoms with Crippen LogP contribution in [-0.2, 0) is 0 Å². The summed E-state index contributed by atoms with van der Waals surface area (Å²) in [6.07, 6.45) is 5.83. The van der Waals surface area contributed by atoms with E-state index in [1.54, 1.807) is 0 Å². The van der Waals surface area contributed by atoms with Gasteiger partial charge >= 0.3 is 0 Å². The van der Waals surface area contributed by atoms with Crippen molar-refractivity contribution in [2.75, 3.05) is 6.54 Å². The number of nitrogens with two attached hydrogens (primary N) is 1. The van der Waals surface area contributed by atoms with Crippen LogP contribution in [0.25, 0.3) is 5.57 Å². The zero-order valence-electron chi connectivity index (χ0n) is 9.86. The third-order valence-electron chi connectivity index (χ3n) is 3.18. The third kappa shape index (κ3) is 3.56. The number of nitrogens with one attached hydrogen (secondary N) is 1. The lowest BCUT2D eigenvalue weighted by atomic mass is 9.85. The lowest BCUT2D eigenvalue weighted by Gasteiger charge is -2.23. The normalized spacial score (nSPS) is 19.5. The molecule has 1 aromatic rings. The first kappa shape index (κ1) is 12.1. The number of hydrogen-bond acceptors (Lipinski definition) is 1. The quantitative estimate of drug-likeness (QED) is 0.805. The first-order valence-electron chi connectivity index (χ1n) is 6.03. The third-order valence-corrected chi connectivity index (χ3v) is 3.33. The summed E-state index contributed by atoms with van der Waals surface area (Å²) >= 11 is 4.84. The topological polar surface area (TPSA) is 38.0 Å². The van der Waals surface area contributed by atoms with Crippen molar-refractivity contribution < 1.29 is 0 Å². The maximum absolute atomic E-state index is 5.46. The summed E-state index contributed by atoms with van der Waals surface area (Å²) < 4.78 is 0. The molecule has 0 bridgehead atoms. The molecule has 0 fully saturated rings. The Kier molecular flexibility index (Phi) is 4.15. The molecule has 0 amide bonds. The number of hydrogen-bond donors (Lipinski definition) is 2. The SMILES string of the molecule is NC(=S)NCC1CCC=C(c2ccccc2)C1. The Labute approximate surface area is 108 Å². The monoisotopic (exact) mass is 246 g/mol. The molecule has 1 atom stereocenters. The van der Waals surface area contributed by atoms with Crippen molar-refractivity contribution in [2.45, 2.75) is 19.3 Å². The smallest absolute Gasteiger partial charge is 0.163 e. The Bertz CT molecular complexity index is 411. The first-order valence-corrected chi connectivity index (χ1v) is 6.44. The number of rotatable bonds is 3. The summed E-state index contributed by atoms with van der Waals surface area (Å²) in [5.74, 6) is 0.636. The zero-order valence-corrected chi connectivity index (χ0v) is 10.7. The van der Waals surface area contributed by atoms with Crippen molar-refractivity contribution in [3.8, 4) is 0 Å². The molecule has 1 aliphatic rings. The summed E-state index contributed by atoms with van der Waals surface area (Å²) in [6.45, 7) is 0.888. The standard InChI is InChI=1S/C14H18N2S/c15-14(17)16-10-11-5-4-8-13(9-11)12-6-2-1-3-7-12/h1-3,6-8,11H,4-5,9-10H2,(H3,15,16,17). The number of benzene rings is 1. The van der Waals surface area contributed by atoms with Crippen molar-refractivity contribution in [3.05, 3.63) is 42.0 Å². The van der Waals surface area contributed by atoms with Gasteiger partial charge in [0, 0.05) is 6.54 Å². The van der Waals surface area contributed by atoms with Crippen LogP contribution in [0.5, 0.6) is 0 Å². The van der Waals surface area contributed by atoms with Gasteiger partial charge in [-0.3, -0.25) is 0 Å². The minimum Gasteiger partial charge on any atom is -0.376 e. The van der Waals surface area contributed by atoms with Crippen LogP contribution >= 0.6 is 12.2 Å². The van der Waals surface area contributed by atoms with Crippen LogP contribution in [0.1, 0.15) is 24.8 Å². The molecule has 3 heteroatoms. The summed E-state index contributed by atoms with van der Waals surface area (Å²) in [5, 5.41) is 3.47. The highest BCUT2D eigenvalue weighted by molar-refractivity contribution is 7.80. The van der Waals surface area contributed by atoms with Gasteiger partial charge < -0.3 is 11.1 Å². The predicted octanol–water partition coefficient (Wildman–Crippen LogP) is 2.70. The van der Waals surface area contributed by atoms with Crippen LogP contribution in [0.4, 0.5) is 0 Å². The predicted molar refractivity (Wildman–Crippen MR) is 76.5 cm³/mol. The highest BCUT2D eigenvalue weighted by atomic mass is 32.1. The second-order valence-electron chi connectivity index (χ2n) is 4.49. The van der Waals surface area contributed by atoms with Crippen molar-refractivity contribution in [3.63, 3.8) is 0 Å². The Morgan fingerprint density at radius 3 is 2.82 bits per heavy atom. The summed E-state index contributed by atoms with van der Waals surface area (Å²) in [6, 6.07) is 10.6. The van der Waals surface area contributed by atoms with E-state index < -0.39 is 0 Å². The van der Waals surface area contributed by atoms with E-state index in [4.69, 9.17) is 18.0 Å². The van der Waals surface area contributed by atoms with Crippen LogP contribution in [-0.4, -0.2) is 11.7 Å². The van der Waals surface area contributed by atoms with Gasteiger partial charge in [-0.2, -0.15) is 0 Å². The molecule has 17 heavy (non-hydrogen) atoms. The van der Waals surface area contributed by atoms with Crippen LogP contribution in [0.15, 0.2) is 36.4 Å². The van der Waals surface area contributed by atoms with Crippen LogP contribution in [0, 0.1) is 5.92 Å². The molecule has 0 aliphatic heterocycles. The maximum Gasteiger partial charge on any atom is 0.163 e. The highest BCUT2D eigenvalue weighted by Crippen LogP contribution is 2.30.